The van der Waals surface area contributed by atoms with E-state index in [-0.39, 0.29) is 35.9 Å². The first kappa shape index (κ1) is 39.3. The van der Waals surface area contributed by atoms with Gasteiger partial charge in [-0.2, -0.15) is 0 Å². The molecule has 2 saturated heterocycles. The number of amides is 4. The van der Waals surface area contributed by atoms with E-state index in [1.807, 2.05) is 24.9 Å². The van der Waals surface area contributed by atoms with Crippen LogP contribution < -0.4 is 10.6 Å². The number of piperidine rings is 1. The number of nitrogens with zero attached hydrogens (tertiary/aromatic N) is 4. The van der Waals surface area contributed by atoms with Crippen molar-refractivity contribution in [3.8, 4) is 33.5 Å². The molecule has 2 aromatic heterocycles. The number of carbonyl (C=O) groups excluding carboxylic acids is 4. The third-order valence-corrected chi connectivity index (χ3v) is 13.2. The zero-order valence-corrected chi connectivity index (χ0v) is 34.7. The van der Waals surface area contributed by atoms with Gasteiger partial charge in [0.1, 0.15) is 23.7 Å². The number of methoxy groups -OCH3 is 2. The second-order valence-corrected chi connectivity index (χ2v) is 17.1. The molecule has 60 heavy (non-hydrogen) atoms. The van der Waals surface area contributed by atoms with E-state index < -0.39 is 24.3 Å². The maximum Gasteiger partial charge on any atom is 0.407 e. The number of aryl methyl sites for hydroxylation is 2. The number of aromatic nitrogens is 4. The van der Waals surface area contributed by atoms with E-state index in [4.69, 9.17) is 14.7 Å². The minimum atomic E-state index is -0.702. The standard InChI is InChI=1S/C46H52N8O6/c1-24(2)39(52-46(58)60-5)44(56)54-32-14-10-31(21-32)40(54)42-49-35-17-13-27(22-36(35)50-42)26-11-15-33-28(19-26)8-9-29-20-30(12-16-34(29)33)37-23-47-41(51-37)38-7-6-18-53(38)43(55)25(3)48-45(57)59-4/h11-13,15-17,19-20,22-25,31-32,38-40H,6-10,14,18,21H2,1-5H3,(H,47,51)(H,48,57)(H,49,50)(H,52,58)/t25-,31-,32+,38-,39-,40-/m0/s1. The molecular formula is C46H52N8O6. The lowest BCUT2D eigenvalue weighted by Crippen LogP contribution is -2.54. The van der Waals surface area contributed by atoms with Gasteiger partial charge in [-0.05, 0) is 121 Å². The molecule has 4 amide bonds. The van der Waals surface area contributed by atoms with Gasteiger partial charge in [0.05, 0.1) is 49.2 Å². The molecule has 0 unspecified atom stereocenters. The Hall–Kier alpha value is -6.18. The molecule has 312 valence electrons. The van der Waals surface area contributed by atoms with E-state index in [0.717, 1.165) is 90.0 Å². The average Bonchev–Trinajstić information content (AvgIpc) is 4.12. The highest BCUT2D eigenvalue weighted by Gasteiger charge is 2.51. The van der Waals surface area contributed by atoms with Crippen molar-refractivity contribution in [2.75, 3.05) is 20.8 Å². The molecule has 14 heteroatoms. The van der Waals surface area contributed by atoms with Gasteiger partial charge in [0.2, 0.25) is 11.8 Å². The summed E-state index contributed by atoms with van der Waals surface area (Å²) < 4.78 is 9.52. The summed E-state index contributed by atoms with van der Waals surface area (Å²) in [6, 6.07) is 18.0. The first-order valence-corrected chi connectivity index (χ1v) is 21.1. The minimum absolute atomic E-state index is 0.0835. The summed E-state index contributed by atoms with van der Waals surface area (Å²) in [5.74, 6) is 1.51. The SMILES string of the molecule is COC(=O)N[C@@H](C)C(=O)N1CCC[C@H]1c1ncc(-c2ccc3c(c2)CCc2cc(-c4ccc5nc([C@@H]6[C@H]7CC[C@H](C7)N6C(=O)[C@@H](NC(=O)OC)C(C)C)[nH]c5c4)ccc2-3)[nH]1. The number of imidazole rings is 2. The molecular weight excluding hydrogens is 761 g/mol. The van der Waals surface area contributed by atoms with E-state index in [0.29, 0.717) is 12.5 Å². The maximum atomic E-state index is 14.1. The highest BCUT2D eigenvalue weighted by molar-refractivity contribution is 5.88. The molecule has 4 N–H and O–H groups in total. The fraction of sp³-hybridized carbons (Fsp3) is 0.435. The third-order valence-electron chi connectivity index (χ3n) is 13.2. The van der Waals surface area contributed by atoms with Crippen molar-refractivity contribution in [1.29, 1.82) is 0 Å². The number of fused-ring (bicyclic) bond motifs is 6. The summed E-state index contributed by atoms with van der Waals surface area (Å²) in [6.45, 7) is 6.15. The van der Waals surface area contributed by atoms with Crippen molar-refractivity contribution in [1.82, 2.24) is 40.4 Å². The Balaban J connectivity index is 0.921. The van der Waals surface area contributed by atoms with E-state index in [2.05, 4.69) is 79.9 Å². The lowest BCUT2D eigenvalue weighted by molar-refractivity contribution is -0.139. The number of H-pyrrole nitrogens is 2. The molecule has 3 aromatic carbocycles. The first-order valence-electron chi connectivity index (χ1n) is 21.1. The highest BCUT2D eigenvalue weighted by atomic mass is 16.5. The molecule has 14 nitrogen and oxygen atoms in total. The van der Waals surface area contributed by atoms with Gasteiger partial charge < -0.3 is 39.9 Å². The molecule has 2 aliphatic heterocycles. The van der Waals surface area contributed by atoms with Gasteiger partial charge in [-0.15, -0.1) is 0 Å². The van der Waals surface area contributed by atoms with Crippen LogP contribution in [0.4, 0.5) is 9.59 Å². The Morgan fingerprint density at radius 2 is 1.47 bits per heavy atom. The van der Waals surface area contributed by atoms with E-state index >= 15 is 0 Å². The highest BCUT2D eigenvalue weighted by Crippen LogP contribution is 2.50. The molecule has 9 rings (SSSR count). The minimum Gasteiger partial charge on any atom is -0.453 e. The molecule has 2 bridgehead atoms. The van der Waals surface area contributed by atoms with Crippen LogP contribution in [0.5, 0.6) is 0 Å². The quantitative estimate of drug-likeness (QED) is 0.121. The Bertz CT molecular complexity index is 2490. The number of likely N-dealkylation sites (tertiary alicyclic amines) is 2. The zero-order chi connectivity index (χ0) is 41.8. The number of aromatic amines is 2. The number of carbonyl (C=O) groups is 4. The summed E-state index contributed by atoms with van der Waals surface area (Å²) in [7, 11) is 2.59. The molecule has 1 saturated carbocycles. The van der Waals surface area contributed by atoms with Crippen LogP contribution in [-0.4, -0.2) is 92.6 Å². The van der Waals surface area contributed by atoms with Crippen molar-refractivity contribution in [2.45, 2.75) is 95.9 Å². The topological polar surface area (TPSA) is 175 Å². The second-order valence-electron chi connectivity index (χ2n) is 17.1. The van der Waals surface area contributed by atoms with Crippen molar-refractivity contribution < 1.29 is 28.7 Å². The summed E-state index contributed by atoms with van der Waals surface area (Å²) in [4.78, 5) is 71.8. The molecule has 4 heterocycles. The van der Waals surface area contributed by atoms with Gasteiger partial charge in [-0.1, -0.05) is 50.2 Å². The normalized spacial score (nSPS) is 21.4. The van der Waals surface area contributed by atoms with Crippen molar-refractivity contribution in [3.63, 3.8) is 0 Å². The van der Waals surface area contributed by atoms with Crippen LogP contribution in [0, 0.1) is 11.8 Å². The van der Waals surface area contributed by atoms with Gasteiger partial charge in [0.15, 0.2) is 0 Å². The van der Waals surface area contributed by atoms with Gasteiger partial charge >= 0.3 is 12.2 Å². The molecule has 3 fully saturated rings. The molecule has 0 spiro atoms. The van der Waals surface area contributed by atoms with Crippen LogP contribution in [0.1, 0.15) is 87.7 Å². The van der Waals surface area contributed by atoms with Crippen molar-refractivity contribution in [3.05, 3.63) is 83.6 Å². The first-order chi connectivity index (χ1) is 29.0. The largest absolute Gasteiger partial charge is 0.453 e. The number of hydrogen-bond acceptors (Lipinski definition) is 8. The predicted octanol–water partition coefficient (Wildman–Crippen LogP) is 7.23. The molecule has 4 aliphatic rings. The summed E-state index contributed by atoms with van der Waals surface area (Å²) in [5.41, 5.74) is 11.0. The lowest BCUT2D eigenvalue weighted by atomic mass is 9.83. The Kier molecular flexibility index (Phi) is 10.3. The monoisotopic (exact) mass is 812 g/mol. The summed E-state index contributed by atoms with van der Waals surface area (Å²) in [5, 5.41) is 5.36. The van der Waals surface area contributed by atoms with E-state index in [9.17, 15) is 19.2 Å². The average molecular weight is 813 g/mol. The number of rotatable bonds is 9. The Labute approximate surface area is 348 Å². The number of alkyl carbamates (subject to hydrolysis) is 2. The molecule has 5 aromatic rings. The zero-order valence-electron chi connectivity index (χ0n) is 34.7. The van der Waals surface area contributed by atoms with Crippen LogP contribution in [0.25, 0.3) is 44.5 Å². The van der Waals surface area contributed by atoms with Crippen LogP contribution >= 0.6 is 0 Å². The number of nitrogens with one attached hydrogen (secondary N) is 4. The van der Waals surface area contributed by atoms with E-state index in [1.165, 1.54) is 36.5 Å². The number of hydrogen-bond donors (Lipinski definition) is 4. The summed E-state index contributed by atoms with van der Waals surface area (Å²) in [6.07, 6.45) is 7.03. The van der Waals surface area contributed by atoms with Gasteiger partial charge in [-0.3, -0.25) is 9.59 Å². The van der Waals surface area contributed by atoms with Crippen LogP contribution in [0.3, 0.4) is 0 Å². The number of ether oxygens (including phenoxy) is 2. The van der Waals surface area contributed by atoms with Crippen LogP contribution in [0.15, 0.2) is 60.8 Å². The molecule has 2 aliphatic carbocycles. The van der Waals surface area contributed by atoms with Gasteiger partial charge in [0, 0.05) is 12.6 Å². The number of benzene rings is 3. The second kappa shape index (κ2) is 15.8. The smallest absolute Gasteiger partial charge is 0.407 e. The van der Waals surface area contributed by atoms with Crippen LogP contribution in [-0.2, 0) is 31.9 Å². The van der Waals surface area contributed by atoms with Gasteiger partial charge in [0.25, 0.3) is 0 Å². The predicted molar refractivity (Wildman–Crippen MR) is 226 cm³/mol. The van der Waals surface area contributed by atoms with Crippen molar-refractivity contribution in [2.24, 2.45) is 11.8 Å². The maximum absolute atomic E-state index is 14.1. The molecule has 0 radical (unpaired) electrons. The third kappa shape index (κ3) is 7.05. The summed E-state index contributed by atoms with van der Waals surface area (Å²) >= 11 is 0. The van der Waals surface area contributed by atoms with Crippen molar-refractivity contribution >= 4 is 35.0 Å². The van der Waals surface area contributed by atoms with Gasteiger partial charge in [-0.25, -0.2) is 19.6 Å². The van der Waals surface area contributed by atoms with E-state index in [1.54, 1.807) is 11.8 Å². The molecule has 6 atom stereocenters. The fourth-order valence-corrected chi connectivity index (χ4v) is 10.1. The lowest BCUT2D eigenvalue weighted by Gasteiger charge is -2.37. The Morgan fingerprint density at radius 3 is 2.20 bits per heavy atom. The fourth-order valence-electron chi connectivity index (χ4n) is 10.1. The van der Waals surface area contributed by atoms with Crippen LogP contribution in [0.2, 0.25) is 0 Å². The Morgan fingerprint density at radius 1 is 0.783 bits per heavy atom.